The molecular weight excluding hydrogens is 302 g/mol. The standard InChI is InChI=1S/C18H23N5O/c1-13-21-17(16-5-7-19-8-6-16)10-18(22-13)20-11-15-4-3-9-23(12-15)14(2)24/h5-8,10,15H,3-4,9,11-12H2,1-2H3,(H,20,21,22). The number of nitrogens with one attached hydrogen (secondary N) is 1. The molecule has 6 heteroatoms. The third kappa shape index (κ3) is 4.07. The molecule has 1 amide bonds. The number of hydrogen-bond acceptors (Lipinski definition) is 5. The number of piperidine rings is 1. The van der Waals surface area contributed by atoms with Gasteiger partial charge in [-0.2, -0.15) is 0 Å². The lowest BCUT2D eigenvalue weighted by molar-refractivity contribution is -0.130. The largest absolute Gasteiger partial charge is 0.370 e. The van der Waals surface area contributed by atoms with Gasteiger partial charge < -0.3 is 10.2 Å². The van der Waals surface area contributed by atoms with E-state index in [9.17, 15) is 4.79 Å². The third-order valence-electron chi connectivity index (χ3n) is 4.35. The minimum Gasteiger partial charge on any atom is -0.370 e. The average Bonchev–Trinajstić information content (AvgIpc) is 2.60. The van der Waals surface area contributed by atoms with Crippen molar-refractivity contribution >= 4 is 11.7 Å². The molecule has 126 valence electrons. The highest BCUT2D eigenvalue weighted by Crippen LogP contribution is 2.21. The Morgan fingerprint density at radius 3 is 2.88 bits per heavy atom. The quantitative estimate of drug-likeness (QED) is 0.935. The van der Waals surface area contributed by atoms with Crippen LogP contribution in [0.2, 0.25) is 0 Å². The monoisotopic (exact) mass is 325 g/mol. The molecule has 1 unspecified atom stereocenters. The summed E-state index contributed by atoms with van der Waals surface area (Å²) in [6, 6.07) is 5.85. The number of carbonyl (C=O) groups excluding carboxylic acids is 1. The highest BCUT2D eigenvalue weighted by Gasteiger charge is 2.21. The van der Waals surface area contributed by atoms with Crippen LogP contribution in [0.25, 0.3) is 11.3 Å². The van der Waals surface area contributed by atoms with Gasteiger partial charge in [-0.15, -0.1) is 0 Å². The number of carbonyl (C=O) groups is 1. The fourth-order valence-electron chi connectivity index (χ4n) is 3.10. The van der Waals surface area contributed by atoms with Gasteiger partial charge in [-0.25, -0.2) is 9.97 Å². The fraction of sp³-hybridized carbons (Fsp3) is 0.444. The van der Waals surface area contributed by atoms with Crippen molar-refractivity contribution in [2.45, 2.75) is 26.7 Å². The second-order valence-electron chi connectivity index (χ2n) is 6.28. The number of rotatable bonds is 4. The predicted molar refractivity (Wildman–Crippen MR) is 93.5 cm³/mol. The molecule has 2 aromatic rings. The van der Waals surface area contributed by atoms with Gasteiger partial charge in [0.05, 0.1) is 5.69 Å². The Kier molecular flexibility index (Phi) is 5.03. The van der Waals surface area contributed by atoms with Gasteiger partial charge in [-0.1, -0.05) is 0 Å². The van der Waals surface area contributed by atoms with Crippen LogP contribution in [0.4, 0.5) is 5.82 Å². The minimum absolute atomic E-state index is 0.164. The van der Waals surface area contributed by atoms with E-state index in [0.29, 0.717) is 5.92 Å². The van der Waals surface area contributed by atoms with E-state index < -0.39 is 0 Å². The van der Waals surface area contributed by atoms with Crippen molar-refractivity contribution in [3.8, 4) is 11.3 Å². The maximum absolute atomic E-state index is 11.5. The zero-order chi connectivity index (χ0) is 16.9. The molecule has 24 heavy (non-hydrogen) atoms. The Morgan fingerprint density at radius 2 is 2.12 bits per heavy atom. The Labute approximate surface area is 142 Å². The summed E-state index contributed by atoms with van der Waals surface area (Å²) >= 11 is 0. The van der Waals surface area contributed by atoms with Crippen LogP contribution in [-0.4, -0.2) is 45.4 Å². The lowest BCUT2D eigenvalue weighted by Crippen LogP contribution is -2.40. The maximum atomic E-state index is 11.5. The van der Waals surface area contributed by atoms with Gasteiger partial charge in [0.1, 0.15) is 11.6 Å². The van der Waals surface area contributed by atoms with Crippen molar-refractivity contribution in [2.75, 3.05) is 25.0 Å². The zero-order valence-corrected chi connectivity index (χ0v) is 14.2. The second kappa shape index (κ2) is 7.38. The van der Waals surface area contributed by atoms with Crippen molar-refractivity contribution in [1.82, 2.24) is 19.9 Å². The molecule has 0 radical (unpaired) electrons. The SMILES string of the molecule is CC(=O)N1CCCC(CNc2cc(-c3ccncc3)nc(C)n2)C1. The first kappa shape index (κ1) is 16.4. The number of nitrogens with zero attached hydrogens (tertiary/aromatic N) is 4. The molecule has 1 atom stereocenters. The minimum atomic E-state index is 0.164. The zero-order valence-electron chi connectivity index (χ0n) is 14.2. The fourth-order valence-corrected chi connectivity index (χ4v) is 3.10. The number of pyridine rings is 1. The molecule has 0 bridgehead atoms. The van der Waals surface area contributed by atoms with E-state index in [1.165, 1.54) is 0 Å². The van der Waals surface area contributed by atoms with E-state index in [0.717, 1.165) is 55.4 Å². The Bertz CT molecular complexity index is 704. The highest BCUT2D eigenvalue weighted by molar-refractivity contribution is 5.73. The van der Waals surface area contributed by atoms with Crippen LogP contribution in [0, 0.1) is 12.8 Å². The number of aryl methyl sites for hydroxylation is 1. The molecule has 0 spiro atoms. The summed E-state index contributed by atoms with van der Waals surface area (Å²) in [7, 11) is 0. The third-order valence-corrected chi connectivity index (χ3v) is 4.35. The molecule has 0 aromatic carbocycles. The lowest BCUT2D eigenvalue weighted by Gasteiger charge is -2.32. The Hall–Kier alpha value is -2.50. The van der Waals surface area contributed by atoms with Crippen LogP contribution in [0.15, 0.2) is 30.6 Å². The molecule has 1 fully saturated rings. The molecule has 1 N–H and O–H groups in total. The van der Waals surface area contributed by atoms with E-state index in [4.69, 9.17) is 0 Å². The van der Waals surface area contributed by atoms with Crippen molar-refractivity contribution in [2.24, 2.45) is 5.92 Å². The summed E-state index contributed by atoms with van der Waals surface area (Å²) in [4.78, 5) is 26.5. The summed E-state index contributed by atoms with van der Waals surface area (Å²) in [5, 5.41) is 3.42. The summed E-state index contributed by atoms with van der Waals surface area (Å²) in [6.45, 7) is 6.06. The molecule has 1 saturated heterocycles. The van der Waals surface area contributed by atoms with Crippen molar-refractivity contribution in [3.63, 3.8) is 0 Å². The normalized spacial score (nSPS) is 17.6. The van der Waals surface area contributed by atoms with Gasteiger partial charge in [0, 0.05) is 50.6 Å². The van der Waals surface area contributed by atoms with Crippen LogP contribution in [-0.2, 0) is 4.79 Å². The molecule has 3 rings (SSSR count). The highest BCUT2D eigenvalue weighted by atomic mass is 16.2. The van der Waals surface area contributed by atoms with E-state index in [2.05, 4.69) is 20.3 Å². The molecular formula is C18H23N5O. The molecule has 6 nitrogen and oxygen atoms in total. The van der Waals surface area contributed by atoms with Crippen molar-refractivity contribution in [1.29, 1.82) is 0 Å². The number of hydrogen-bond donors (Lipinski definition) is 1. The molecule has 1 aliphatic rings. The summed E-state index contributed by atoms with van der Waals surface area (Å²) in [5.41, 5.74) is 1.92. The number of aromatic nitrogens is 3. The van der Waals surface area contributed by atoms with Crippen LogP contribution in [0.3, 0.4) is 0 Å². The van der Waals surface area contributed by atoms with Crippen LogP contribution >= 0.6 is 0 Å². The first-order chi connectivity index (χ1) is 11.6. The number of amides is 1. The summed E-state index contributed by atoms with van der Waals surface area (Å²) < 4.78 is 0. The van der Waals surface area contributed by atoms with Crippen LogP contribution in [0.1, 0.15) is 25.6 Å². The first-order valence-electron chi connectivity index (χ1n) is 8.37. The first-order valence-corrected chi connectivity index (χ1v) is 8.37. The number of likely N-dealkylation sites (tertiary alicyclic amines) is 1. The molecule has 0 aliphatic carbocycles. The molecule has 0 saturated carbocycles. The van der Waals surface area contributed by atoms with Crippen LogP contribution < -0.4 is 5.32 Å². The number of anilines is 1. The van der Waals surface area contributed by atoms with E-state index in [1.807, 2.05) is 30.0 Å². The lowest BCUT2D eigenvalue weighted by atomic mass is 9.98. The molecule has 2 aromatic heterocycles. The topological polar surface area (TPSA) is 71.0 Å². The van der Waals surface area contributed by atoms with Gasteiger partial charge in [-0.3, -0.25) is 9.78 Å². The van der Waals surface area contributed by atoms with Gasteiger partial charge in [0.25, 0.3) is 0 Å². The van der Waals surface area contributed by atoms with E-state index in [1.54, 1.807) is 19.3 Å². The van der Waals surface area contributed by atoms with Gasteiger partial charge in [0.2, 0.25) is 5.91 Å². The van der Waals surface area contributed by atoms with Crippen molar-refractivity contribution in [3.05, 3.63) is 36.4 Å². The van der Waals surface area contributed by atoms with Crippen molar-refractivity contribution < 1.29 is 4.79 Å². The molecule has 3 heterocycles. The Balaban J connectivity index is 1.67. The predicted octanol–water partition coefficient (Wildman–Crippen LogP) is 2.52. The second-order valence-corrected chi connectivity index (χ2v) is 6.28. The van der Waals surface area contributed by atoms with Gasteiger partial charge in [-0.05, 0) is 37.8 Å². The molecule has 1 aliphatic heterocycles. The van der Waals surface area contributed by atoms with Gasteiger partial charge >= 0.3 is 0 Å². The Morgan fingerprint density at radius 1 is 1.33 bits per heavy atom. The average molecular weight is 325 g/mol. The van der Waals surface area contributed by atoms with Gasteiger partial charge in [0.15, 0.2) is 0 Å². The van der Waals surface area contributed by atoms with E-state index in [-0.39, 0.29) is 5.91 Å². The smallest absolute Gasteiger partial charge is 0.219 e. The van der Waals surface area contributed by atoms with E-state index >= 15 is 0 Å². The summed E-state index contributed by atoms with van der Waals surface area (Å²) in [5.74, 6) is 2.19. The summed E-state index contributed by atoms with van der Waals surface area (Å²) in [6.07, 6.45) is 5.73. The van der Waals surface area contributed by atoms with Crippen LogP contribution in [0.5, 0.6) is 0 Å². The maximum Gasteiger partial charge on any atom is 0.219 e.